The van der Waals surface area contributed by atoms with Gasteiger partial charge in [-0.1, -0.05) is 68.2 Å². The Morgan fingerprint density at radius 1 is 0.979 bits per heavy atom. The number of carbonyl (C=O) groups is 2. The Morgan fingerprint density at radius 2 is 1.69 bits per heavy atom. The van der Waals surface area contributed by atoms with Crippen molar-refractivity contribution in [1.82, 2.24) is 40.3 Å². The zero-order chi connectivity index (χ0) is 35.0. The number of benzene rings is 2. The standard InChI is InChI=1S/C32H30Cl2F3N9O2/c1-17-13-21(33)14-23(28(47)39-18(2)19-8-10-20(11-9-19)31(3,4)5)26(17)40-29(48)25-15-22(16-45-43-30(41-44-45)32(35,36)37)42-46(25)27-24(34)7-6-12-38-27/h6-15,18H,16H2,1-5H3,(H,39,47)(H,40,48). The molecule has 0 radical (unpaired) electrons. The second kappa shape index (κ2) is 13.4. The molecule has 250 valence electrons. The molecule has 0 aliphatic carbocycles. The highest BCUT2D eigenvalue weighted by atomic mass is 35.5. The van der Waals surface area contributed by atoms with Gasteiger partial charge in [-0.15, -0.1) is 10.2 Å². The molecule has 2 N–H and O–H groups in total. The minimum Gasteiger partial charge on any atom is -0.345 e. The van der Waals surface area contributed by atoms with Crippen LogP contribution in [0.2, 0.25) is 10.0 Å². The van der Waals surface area contributed by atoms with E-state index in [2.05, 4.69) is 56.9 Å². The number of hydrogen-bond acceptors (Lipinski definition) is 7. The fourth-order valence-electron chi connectivity index (χ4n) is 4.83. The summed E-state index contributed by atoms with van der Waals surface area (Å²) < 4.78 is 40.2. The third-order valence-corrected chi connectivity index (χ3v) is 7.86. The maximum absolute atomic E-state index is 13.9. The average molecular weight is 701 g/mol. The zero-order valence-corrected chi connectivity index (χ0v) is 27.9. The zero-order valence-electron chi connectivity index (χ0n) is 26.4. The van der Waals surface area contributed by atoms with Crippen molar-refractivity contribution < 1.29 is 22.8 Å². The monoisotopic (exact) mass is 699 g/mol. The molecule has 1 unspecified atom stereocenters. The first-order valence-corrected chi connectivity index (χ1v) is 15.3. The summed E-state index contributed by atoms with van der Waals surface area (Å²) in [7, 11) is 0. The van der Waals surface area contributed by atoms with Crippen LogP contribution in [-0.4, -0.2) is 46.8 Å². The number of aryl methyl sites for hydroxylation is 1. The van der Waals surface area contributed by atoms with Crippen molar-refractivity contribution in [2.24, 2.45) is 0 Å². The van der Waals surface area contributed by atoms with E-state index in [1.807, 2.05) is 31.2 Å². The first kappa shape index (κ1) is 34.5. The SMILES string of the molecule is Cc1cc(Cl)cc(C(=O)NC(C)c2ccc(C(C)(C)C)cc2)c1NC(=O)c1cc(Cn2nnc(C(F)(F)F)n2)nn1-c1ncccc1Cl. The van der Waals surface area contributed by atoms with E-state index in [0.29, 0.717) is 10.4 Å². The van der Waals surface area contributed by atoms with Gasteiger partial charge in [0, 0.05) is 11.2 Å². The number of carbonyl (C=O) groups excluding carboxylic acids is 2. The van der Waals surface area contributed by atoms with Crippen molar-refractivity contribution in [1.29, 1.82) is 0 Å². The van der Waals surface area contributed by atoms with Gasteiger partial charge in [0.2, 0.25) is 0 Å². The van der Waals surface area contributed by atoms with Crippen molar-refractivity contribution in [2.45, 2.75) is 58.8 Å². The smallest absolute Gasteiger partial charge is 0.345 e. The molecule has 0 bridgehead atoms. The second-order valence-electron chi connectivity index (χ2n) is 12.0. The van der Waals surface area contributed by atoms with E-state index < -0.39 is 23.8 Å². The van der Waals surface area contributed by atoms with E-state index in [4.69, 9.17) is 23.2 Å². The molecule has 2 amide bonds. The van der Waals surface area contributed by atoms with Gasteiger partial charge in [-0.05, 0) is 71.5 Å². The van der Waals surface area contributed by atoms with Gasteiger partial charge in [0.25, 0.3) is 17.6 Å². The number of halogens is 5. The number of nitrogens with zero attached hydrogens (tertiary/aromatic N) is 7. The maximum Gasteiger partial charge on any atom is 0.455 e. The van der Waals surface area contributed by atoms with E-state index in [0.717, 1.165) is 15.8 Å². The summed E-state index contributed by atoms with van der Waals surface area (Å²) in [5.41, 5.74) is 2.81. The summed E-state index contributed by atoms with van der Waals surface area (Å²) in [4.78, 5) is 32.4. The van der Waals surface area contributed by atoms with E-state index in [9.17, 15) is 22.8 Å². The van der Waals surface area contributed by atoms with Gasteiger partial charge in [-0.2, -0.15) is 23.1 Å². The highest BCUT2D eigenvalue weighted by molar-refractivity contribution is 6.32. The molecule has 11 nitrogen and oxygen atoms in total. The van der Waals surface area contributed by atoms with Crippen LogP contribution in [-0.2, 0) is 18.1 Å². The Hall–Kier alpha value is -4.82. The molecule has 0 aliphatic heterocycles. The third kappa shape index (κ3) is 7.66. The minimum absolute atomic E-state index is 0.0294. The number of anilines is 1. The molecule has 0 fully saturated rings. The van der Waals surface area contributed by atoms with Gasteiger partial charge in [0.15, 0.2) is 5.82 Å². The number of hydrogen-bond donors (Lipinski definition) is 2. The predicted octanol–water partition coefficient (Wildman–Crippen LogP) is 6.98. The summed E-state index contributed by atoms with van der Waals surface area (Å²) in [6.45, 7) is 9.51. The van der Waals surface area contributed by atoms with Crippen molar-refractivity contribution >= 4 is 40.7 Å². The van der Waals surface area contributed by atoms with Gasteiger partial charge < -0.3 is 10.6 Å². The van der Waals surface area contributed by atoms with Crippen LogP contribution in [0.5, 0.6) is 0 Å². The normalized spacial score (nSPS) is 12.5. The summed E-state index contributed by atoms with van der Waals surface area (Å²) in [5.74, 6) is -2.55. The number of rotatable bonds is 8. The van der Waals surface area contributed by atoms with Crippen molar-refractivity contribution in [3.63, 3.8) is 0 Å². The average Bonchev–Trinajstić information content (AvgIpc) is 3.66. The molecule has 3 aromatic heterocycles. The van der Waals surface area contributed by atoms with Crippen LogP contribution >= 0.6 is 23.2 Å². The van der Waals surface area contributed by atoms with Crippen molar-refractivity contribution in [2.75, 3.05) is 5.32 Å². The number of tetrazole rings is 1. The number of aromatic nitrogens is 7. The number of alkyl halides is 3. The highest BCUT2D eigenvalue weighted by Gasteiger charge is 2.37. The molecule has 16 heteroatoms. The lowest BCUT2D eigenvalue weighted by Crippen LogP contribution is -2.28. The second-order valence-corrected chi connectivity index (χ2v) is 12.9. The van der Waals surface area contributed by atoms with Gasteiger partial charge >= 0.3 is 6.18 Å². The summed E-state index contributed by atoms with van der Waals surface area (Å²) in [6, 6.07) is 15.0. The lowest BCUT2D eigenvalue weighted by molar-refractivity contribution is -0.145. The van der Waals surface area contributed by atoms with Gasteiger partial charge in [0.05, 0.1) is 28.0 Å². The molecular weight excluding hydrogens is 670 g/mol. The quantitative estimate of drug-likeness (QED) is 0.179. The van der Waals surface area contributed by atoms with Crippen molar-refractivity contribution in [3.05, 3.63) is 110 Å². The predicted molar refractivity (Wildman–Crippen MR) is 173 cm³/mol. The fraction of sp³-hybridized carbons (Fsp3) is 0.281. The topological polar surface area (TPSA) is 133 Å². The van der Waals surface area contributed by atoms with Gasteiger partial charge in [-0.3, -0.25) is 9.59 Å². The first-order valence-electron chi connectivity index (χ1n) is 14.6. The van der Waals surface area contributed by atoms with Crippen LogP contribution in [0.15, 0.2) is 60.8 Å². The van der Waals surface area contributed by atoms with E-state index in [1.54, 1.807) is 19.1 Å². The molecule has 0 aliphatic rings. The first-order chi connectivity index (χ1) is 22.5. The summed E-state index contributed by atoms with van der Waals surface area (Å²) >= 11 is 12.7. The molecule has 5 aromatic rings. The van der Waals surface area contributed by atoms with Crippen LogP contribution in [0.3, 0.4) is 0 Å². The molecule has 3 heterocycles. The van der Waals surface area contributed by atoms with Crippen LogP contribution in [0, 0.1) is 6.92 Å². The Kier molecular flexibility index (Phi) is 9.60. The van der Waals surface area contributed by atoms with E-state index in [-0.39, 0.29) is 56.5 Å². The Labute approximate surface area is 283 Å². The molecular formula is C32H30Cl2F3N9O2. The van der Waals surface area contributed by atoms with Crippen LogP contribution in [0.1, 0.15) is 82.8 Å². The highest BCUT2D eigenvalue weighted by Crippen LogP contribution is 2.29. The Balaban J connectivity index is 1.45. The molecule has 0 saturated heterocycles. The van der Waals surface area contributed by atoms with Gasteiger partial charge in [0.1, 0.15) is 12.2 Å². The summed E-state index contributed by atoms with van der Waals surface area (Å²) in [6.07, 6.45) is -3.36. The van der Waals surface area contributed by atoms with Crippen LogP contribution < -0.4 is 10.6 Å². The number of pyridine rings is 1. The molecule has 48 heavy (non-hydrogen) atoms. The third-order valence-electron chi connectivity index (χ3n) is 7.35. The Morgan fingerprint density at radius 3 is 2.31 bits per heavy atom. The van der Waals surface area contributed by atoms with E-state index in [1.165, 1.54) is 24.4 Å². The molecule has 5 rings (SSSR count). The Bertz CT molecular complexity index is 1980. The van der Waals surface area contributed by atoms with Crippen molar-refractivity contribution in [3.8, 4) is 5.82 Å². The van der Waals surface area contributed by atoms with Gasteiger partial charge in [-0.25, -0.2) is 9.67 Å². The maximum atomic E-state index is 13.9. The largest absolute Gasteiger partial charge is 0.455 e. The summed E-state index contributed by atoms with van der Waals surface area (Å²) in [5, 5.41) is 20.4. The van der Waals surface area contributed by atoms with Crippen LogP contribution in [0.4, 0.5) is 18.9 Å². The minimum atomic E-state index is -4.79. The van der Waals surface area contributed by atoms with E-state index >= 15 is 0 Å². The molecule has 2 aromatic carbocycles. The fourth-order valence-corrected chi connectivity index (χ4v) is 5.30. The van der Waals surface area contributed by atoms with Crippen LogP contribution in [0.25, 0.3) is 5.82 Å². The number of nitrogens with one attached hydrogen (secondary N) is 2. The lowest BCUT2D eigenvalue weighted by atomic mass is 9.86. The number of amides is 2. The molecule has 1 atom stereocenters. The molecule has 0 spiro atoms. The lowest BCUT2D eigenvalue weighted by Gasteiger charge is -2.21. The molecule has 0 saturated carbocycles.